The van der Waals surface area contributed by atoms with Crippen molar-refractivity contribution in [1.29, 1.82) is 0 Å². The number of nitrogens with zero attached hydrogens (tertiary/aromatic N) is 1. The van der Waals surface area contributed by atoms with Crippen LogP contribution < -0.4 is 0 Å². The van der Waals surface area contributed by atoms with Gasteiger partial charge in [-0.2, -0.15) is 0 Å². The molecule has 2 heteroatoms. The monoisotopic (exact) mass is 199 g/mol. The van der Waals surface area contributed by atoms with Gasteiger partial charge in [0, 0.05) is 0 Å². The Balaban J connectivity index is 4.02. The fourth-order valence-corrected chi connectivity index (χ4v) is 4.79. The number of hydrogen-bond donors (Lipinski definition) is 0. The maximum absolute atomic E-state index is 2.49. The fraction of sp³-hybridized carbons (Fsp3) is 0.818. The van der Waals surface area contributed by atoms with E-state index in [1.54, 1.807) is 0 Å². The van der Waals surface area contributed by atoms with E-state index < -0.39 is 8.80 Å². The van der Waals surface area contributed by atoms with Crippen LogP contribution in [0.5, 0.6) is 0 Å². The molecule has 0 aromatic carbocycles. The quantitative estimate of drug-likeness (QED) is 0.470. The summed E-state index contributed by atoms with van der Waals surface area (Å²) in [6.45, 7) is 6.91. The Kier molecular flexibility index (Phi) is 7.29. The van der Waals surface area contributed by atoms with Gasteiger partial charge in [0.1, 0.15) is 0 Å². The molecule has 0 aromatic heterocycles. The lowest BCUT2D eigenvalue weighted by Crippen LogP contribution is -2.30. The third-order valence-electron chi connectivity index (χ3n) is 2.45. The third kappa shape index (κ3) is 6.05. The first-order valence-corrected chi connectivity index (χ1v) is 8.03. The van der Waals surface area contributed by atoms with Gasteiger partial charge < -0.3 is 4.90 Å². The molecule has 0 aliphatic carbocycles. The number of allylic oxidation sites excluding steroid dienone is 2. The Morgan fingerprint density at radius 1 is 1.38 bits per heavy atom. The summed E-state index contributed by atoms with van der Waals surface area (Å²) in [7, 11) is 3.79. The Bertz CT molecular complexity index is 143. The van der Waals surface area contributed by atoms with Gasteiger partial charge in [-0.3, -0.25) is 0 Å². The van der Waals surface area contributed by atoms with E-state index >= 15 is 0 Å². The lowest BCUT2D eigenvalue weighted by molar-refractivity contribution is 0.471. The molecule has 0 N–H and O–H groups in total. The van der Waals surface area contributed by atoms with E-state index in [1.807, 2.05) is 0 Å². The highest BCUT2D eigenvalue weighted by Crippen LogP contribution is 2.19. The van der Waals surface area contributed by atoms with Gasteiger partial charge in [0.2, 0.25) is 0 Å². The molecule has 13 heavy (non-hydrogen) atoms. The van der Waals surface area contributed by atoms with Gasteiger partial charge in [0.25, 0.3) is 0 Å². The summed E-state index contributed by atoms with van der Waals surface area (Å²) in [6, 6.07) is 0. The molecule has 0 aliphatic heterocycles. The fourth-order valence-electron chi connectivity index (χ4n) is 1.86. The molecule has 0 fully saturated rings. The summed E-state index contributed by atoms with van der Waals surface area (Å²) in [5, 5.41) is 0. The first-order valence-electron chi connectivity index (χ1n) is 5.39. The molecule has 2 atom stereocenters. The van der Waals surface area contributed by atoms with Crippen LogP contribution in [0.4, 0.5) is 0 Å². The average molecular weight is 199 g/mol. The van der Waals surface area contributed by atoms with Gasteiger partial charge in [0.15, 0.2) is 0 Å². The molecule has 2 unspecified atom stereocenters. The van der Waals surface area contributed by atoms with E-state index in [0.717, 1.165) is 5.54 Å². The Morgan fingerprint density at radius 2 is 2.00 bits per heavy atom. The Morgan fingerprint density at radius 3 is 2.38 bits per heavy atom. The maximum Gasteiger partial charge on any atom is 0.0569 e. The summed E-state index contributed by atoms with van der Waals surface area (Å²) in [5.74, 6) is 0. The largest absolute Gasteiger partial charge is 0.312 e. The minimum absolute atomic E-state index is 0.571. The highest BCUT2D eigenvalue weighted by Gasteiger charge is 2.15. The lowest BCUT2D eigenvalue weighted by Gasteiger charge is -2.22. The van der Waals surface area contributed by atoms with Crippen molar-refractivity contribution in [1.82, 2.24) is 4.90 Å². The molecule has 0 aliphatic rings. The van der Waals surface area contributed by atoms with Crippen LogP contribution in [0.15, 0.2) is 12.2 Å². The first-order chi connectivity index (χ1) is 6.11. The SMILES string of the molecule is C/C=C/C(CCC)[SiH](C)CN(C)C. The van der Waals surface area contributed by atoms with Crippen molar-refractivity contribution in [2.45, 2.75) is 38.8 Å². The topological polar surface area (TPSA) is 3.24 Å². The zero-order chi connectivity index (χ0) is 10.3. The van der Waals surface area contributed by atoms with Crippen molar-refractivity contribution < 1.29 is 0 Å². The van der Waals surface area contributed by atoms with Crippen molar-refractivity contribution in [3.8, 4) is 0 Å². The van der Waals surface area contributed by atoms with E-state index in [1.165, 1.54) is 19.0 Å². The minimum atomic E-state index is -0.571. The lowest BCUT2D eigenvalue weighted by atomic mass is 10.2. The molecule has 1 nitrogen and oxygen atoms in total. The van der Waals surface area contributed by atoms with Gasteiger partial charge in [-0.25, -0.2) is 0 Å². The highest BCUT2D eigenvalue weighted by atomic mass is 28.3. The van der Waals surface area contributed by atoms with Gasteiger partial charge in [-0.15, -0.1) is 0 Å². The summed E-state index contributed by atoms with van der Waals surface area (Å²) < 4.78 is 0. The van der Waals surface area contributed by atoms with Crippen molar-refractivity contribution in [2.75, 3.05) is 20.3 Å². The van der Waals surface area contributed by atoms with Gasteiger partial charge >= 0.3 is 0 Å². The third-order valence-corrected chi connectivity index (χ3v) is 5.77. The van der Waals surface area contributed by atoms with E-state index in [2.05, 4.69) is 51.5 Å². The summed E-state index contributed by atoms with van der Waals surface area (Å²) in [4.78, 5) is 2.34. The zero-order valence-electron chi connectivity index (χ0n) is 9.88. The molecule has 0 spiro atoms. The minimum Gasteiger partial charge on any atom is -0.312 e. The van der Waals surface area contributed by atoms with Crippen LogP contribution in [0.3, 0.4) is 0 Å². The maximum atomic E-state index is 2.49. The first kappa shape index (κ1) is 12.9. The molecular formula is C11H25NSi. The normalized spacial score (nSPS) is 16.8. The van der Waals surface area contributed by atoms with E-state index in [4.69, 9.17) is 0 Å². The second-order valence-electron chi connectivity index (χ2n) is 4.22. The van der Waals surface area contributed by atoms with Crippen molar-refractivity contribution in [3.05, 3.63) is 12.2 Å². The predicted octanol–water partition coefficient (Wildman–Crippen LogP) is 2.69. The summed E-state index contributed by atoms with van der Waals surface area (Å²) >= 11 is 0. The highest BCUT2D eigenvalue weighted by molar-refractivity contribution is 6.59. The van der Waals surface area contributed by atoms with E-state index in [-0.39, 0.29) is 0 Å². The molecule has 0 heterocycles. The van der Waals surface area contributed by atoms with Crippen molar-refractivity contribution in [2.24, 2.45) is 0 Å². The van der Waals surface area contributed by atoms with E-state index in [0.29, 0.717) is 0 Å². The van der Waals surface area contributed by atoms with Crippen LogP contribution in [-0.4, -0.2) is 34.0 Å². The smallest absolute Gasteiger partial charge is 0.0569 e. The van der Waals surface area contributed by atoms with Gasteiger partial charge in [-0.05, 0) is 39.1 Å². The molecule has 78 valence electrons. The molecule has 0 rings (SSSR count). The van der Waals surface area contributed by atoms with Crippen LogP contribution >= 0.6 is 0 Å². The van der Waals surface area contributed by atoms with Crippen molar-refractivity contribution >= 4 is 8.80 Å². The van der Waals surface area contributed by atoms with Gasteiger partial charge in [0.05, 0.1) is 8.80 Å². The Hall–Kier alpha value is -0.0831. The van der Waals surface area contributed by atoms with E-state index in [9.17, 15) is 0 Å². The van der Waals surface area contributed by atoms with Crippen LogP contribution in [0.25, 0.3) is 0 Å². The van der Waals surface area contributed by atoms with Crippen LogP contribution in [0.1, 0.15) is 26.7 Å². The molecule has 0 amide bonds. The van der Waals surface area contributed by atoms with Crippen LogP contribution in [-0.2, 0) is 0 Å². The van der Waals surface area contributed by atoms with Crippen molar-refractivity contribution in [3.63, 3.8) is 0 Å². The Labute approximate surface area is 85.4 Å². The summed E-state index contributed by atoms with van der Waals surface area (Å²) in [5.41, 5.74) is 0.900. The number of rotatable bonds is 6. The molecule has 0 radical (unpaired) electrons. The molecule has 0 aromatic rings. The predicted molar refractivity (Wildman–Crippen MR) is 65.0 cm³/mol. The number of hydrogen-bond acceptors (Lipinski definition) is 1. The van der Waals surface area contributed by atoms with Crippen LogP contribution in [0, 0.1) is 0 Å². The van der Waals surface area contributed by atoms with Crippen LogP contribution in [0.2, 0.25) is 12.1 Å². The molecule has 0 saturated carbocycles. The molecule has 0 bridgehead atoms. The molecular weight excluding hydrogens is 174 g/mol. The summed E-state index contributed by atoms with van der Waals surface area (Å²) in [6.07, 6.45) is 8.67. The molecule has 0 saturated heterocycles. The average Bonchev–Trinajstić information content (AvgIpc) is 2.02. The second-order valence-corrected chi connectivity index (χ2v) is 7.39. The zero-order valence-corrected chi connectivity index (χ0v) is 11.0. The second kappa shape index (κ2) is 7.33. The van der Waals surface area contributed by atoms with Gasteiger partial charge in [-0.1, -0.05) is 32.0 Å². The standard InChI is InChI=1S/C11H25NSi/c1-6-8-11(9-7-2)13(5)10-12(3)4/h6,8,11,13H,7,9-10H2,1-5H3/b8-6+.